The summed E-state index contributed by atoms with van der Waals surface area (Å²) in [6, 6.07) is 0. The van der Waals surface area contributed by atoms with Crippen LogP contribution in [0, 0.1) is 0 Å². The molecule has 0 radical (unpaired) electrons. The van der Waals surface area contributed by atoms with E-state index in [0.717, 1.165) is 12.8 Å². The zero-order valence-corrected chi connectivity index (χ0v) is 8.30. The van der Waals surface area contributed by atoms with E-state index < -0.39 is 0 Å². The van der Waals surface area contributed by atoms with Gasteiger partial charge in [-0.05, 0) is 45.9 Å². The largest absolute Gasteiger partial charge is 0.405 e. The molecule has 0 saturated heterocycles. The second kappa shape index (κ2) is 6.71. The zero-order valence-electron chi connectivity index (χ0n) is 8.30. The number of nitrogens with two attached hydrogens (primary N) is 1. The van der Waals surface area contributed by atoms with Gasteiger partial charge in [0, 0.05) is 0 Å². The first-order valence-corrected chi connectivity index (χ1v) is 4.36. The highest BCUT2D eigenvalue weighted by Gasteiger charge is 1.90. The molecule has 68 valence electrons. The molecule has 12 heavy (non-hydrogen) atoms. The van der Waals surface area contributed by atoms with Gasteiger partial charge in [-0.1, -0.05) is 23.3 Å². The lowest BCUT2D eigenvalue weighted by Gasteiger charge is -1.99. The molecule has 0 heterocycles. The standard InChI is InChI=1S/C11H19N/c1-4-10(2)7-8-11(3)6-5-9-12/h4-6,9H,7-8,12H2,1-3H3/b9-5-,10-4+,11-6+. The highest BCUT2D eigenvalue weighted by molar-refractivity contribution is 5.11. The molecule has 0 spiro atoms. The van der Waals surface area contributed by atoms with Gasteiger partial charge < -0.3 is 5.73 Å². The van der Waals surface area contributed by atoms with Crippen molar-refractivity contribution in [3.05, 3.63) is 35.6 Å². The lowest BCUT2D eigenvalue weighted by molar-refractivity contribution is 0.922. The van der Waals surface area contributed by atoms with Gasteiger partial charge in [0.15, 0.2) is 0 Å². The average molecular weight is 165 g/mol. The van der Waals surface area contributed by atoms with Crippen LogP contribution in [0.5, 0.6) is 0 Å². The predicted molar refractivity (Wildman–Crippen MR) is 55.7 cm³/mol. The van der Waals surface area contributed by atoms with E-state index in [-0.39, 0.29) is 0 Å². The van der Waals surface area contributed by atoms with Gasteiger partial charge in [0.2, 0.25) is 0 Å². The zero-order chi connectivity index (χ0) is 9.40. The van der Waals surface area contributed by atoms with Crippen LogP contribution >= 0.6 is 0 Å². The Morgan fingerprint density at radius 2 is 1.75 bits per heavy atom. The molecule has 0 saturated carbocycles. The van der Waals surface area contributed by atoms with Crippen LogP contribution in [0.15, 0.2) is 35.6 Å². The van der Waals surface area contributed by atoms with Crippen molar-refractivity contribution in [2.45, 2.75) is 33.6 Å². The third-order valence-electron chi connectivity index (χ3n) is 1.90. The summed E-state index contributed by atoms with van der Waals surface area (Å²) in [5, 5.41) is 0. The van der Waals surface area contributed by atoms with Crippen molar-refractivity contribution in [1.82, 2.24) is 0 Å². The Bertz CT molecular complexity index is 197. The van der Waals surface area contributed by atoms with Crippen LogP contribution in [0.4, 0.5) is 0 Å². The average Bonchev–Trinajstić information content (AvgIpc) is 2.10. The Morgan fingerprint density at radius 1 is 1.17 bits per heavy atom. The molecular weight excluding hydrogens is 146 g/mol. The van der Waals surface area contributed by atoms with Crippen molar-refractivity contribution in [3.8, 4) is 0 Å². The summed E-state index contributed by atoms with van der Waals surface area (Å²) < 4.78 is 0. The molecule has 0 atom stereocenters. The first-order valence-electron chi connectivity index (χ1n) is 4.36. The van der Waals surface area contributed by atoms with E-state index in [2.05, 4.69) is 32.9 Å². The Morgan fingerprint density at radius 3 is 2.25 bits per heavy atom. The number of allylic oxidation sites excluding steroid dienone is 5. The molecule has 0 aliphatic rings. The Kier molecular flexibility index (Phi) is 6.16. The smallest absolute Gasteiger partial charge is 0.00624 e. The molecule has 0 amide bonds. The van der Waals surface area contributed by atoms with Crippen LogP contribution in [0.3, 0.4) is 0 Å². The van der Waals surface area contributed by atoms with Gasteiger partial charge in [0.05, 0.1) is 0 Å². The van der Waals surface area contributed by atoms with Crippen molar-refractivity contribution in [2.24, 2.45) is 5.73 Å². The number of hydrogen-bond donors (Lipinski definition) is 1. The molecule has 0 aromatic carbocycles. The fourth-order valence-corrected chi connectivity index (χ4v) is 0.842. The maximum absolute atomic E-state index is 5.22. The molecule has 2 N–H and O–H groups in total. The molecule has 0 bridgehead atoms. The first kappa shape index (κ1) is 11.0. The lowest BCUT2D eigenvalue weighted by Crippen LogP contribution is -1.80. The van der Waals surface area contributed by atoms with Crippen LogP contribution < -0.4 is 5.73 Å². The minimum absolute atomic E-state index is 1.13. The molecule has 0 aliphatic carbocycles. The Labute approximate surface area is 75.7 Å². The molecule has 1 nitrogen and oxygen atoms in total. The van der Waals surface area contributed by atoms with E-state index in [1.807, 2.05) is 6.08 Å². The van der Waals surface area contributed by atoms with E-state index in [1.54, 1.807) is 6.20 Å². The van der Waals surface area contributed by atoms with Gasteiger partial charge in [-0.15, -0.1) is 0 Å². The van der Waals surface area contributed by atoms with Crippen molar-refractivity contribution < 1.29 is 0 Å². The van der Waals surface area contributed by atoms with E-state index in [9.17, 15) is 0 Å². The third kappa shape index (κ3) is 5.78. The van der Waals surface area contributed by atoms with Crippen molar-refractivity contribution in [1.29, 1.82) is 0 Å². The summed E-state index contributed by atoms with van der Waals surface area (Å²) >= 11 is 0. The normalized spacial score (nSPS) is 14.2. The first-order chi connectivity index (χ1) is 5.70. The summed E-state index contributed by atoms with van der Waals surface area (Å²) in [4.78, 5) is 0. The van der Waals surface area contributed by atoms with E-state index in [4.69, 9.17) is 5.73 Å². The van der Waals surface area contributed by atoms with E-state index >= 15 is 0 Å². The molecule has 0 aromatic heterocycles. The van der Waals surface area contributed by atoms with E-state index in [1.165, 1.54) is 11.1 Å². The second-order valence-electron chi connectivity index (χ2n) is 3.03. The van der Waals surface area contributed by atoms with Gasteiger partial charge in [-0.25, -0.2) is 0 Å². The minimum Gasteiger partial charge on any atom is -0.405 e. The predicted octanol–water partition coefficient (Wildman–Crippen LogP) is 3.15. The number of rotatable bonds is 4. The molecule has 0 aliphatic heterocycles. The van der Waals surface area contributed by atoms with Crippen molar-refractivity contribution in [2.75, 3.05) is 0 Å². The van der Waals surface area contributed by atoms with Crippen molar-refractivity contribution >= 4 is 0 Å². The highest BCUT2D eigenvalue weighted by Crippen LogP contribution is 2.10. The summed E-state index contributed by atoms with van der Waals surface area (Å²) in [7, 11) is 0. The van der Waals surface area contributed by atoms with Gasteiger partial charge in [-0.3, -0.25) is 0 Å². The highest BCUT2D eigenvalue weighted by atomic mass is 14.5. The molecule has 0 fully saturated rings. The van der Waals surface area contributed by atoms with Gasteiger partial charge in [0.1, 0.15) is 0 Å². The fraction of sp³-hybridized carbons (Fsp3) is 0.455. The maximum atomic E-state index is 5.22. The lowest BCUT2D eigenvalue weighted by atomic mass is 10.1. The monoisotopic (exact) mass is 165 g/mol. The third-order valence-corrected chi connectivity index (χ3v) is 1.90. The summed E-state index contributed by atoms with van der Waals surface area (Å²) in [5.74, 6) is 0. The summed E-state index contributed by atoms with van der Waals surface area (Å²) in [6.07, 6.45) is 9.93. The molecule has 0 unspecified atom stereocenters. The van der Waals surface area contributed by atoms with Crippen molar-refractivity contribution in [3.63, 3.8) is 0 Å². The second-order valence-corrected chi connectivity index (χ2v) is 3.03. The molecular formula is C11H19N. The van der Waals surface area contributed by atoms with Crippen LogP contribution in [-0.2, 0) is 0 Å². The van der Waals surface area contributed by atoms with E-state index in [0.29, 0.717) is 0 Å². The molecule has 0 aromatic rings. The minimum atomic E-state index is 1.13. The SMILES string of the molecule is C/C=C(\C)CC/C(C)=C/C=C\N. The van der Waals surface area contributed by atoms with Gasteiger partial charge in [-0.2, -0.15) is 0 Å². The topological polar surface area (TPSA) is 26.0 Å². The quantitative estimate of drug-likeness (QED) is 0.502. The Hall–Kier alpha value is -0.980. The van der Waals surface area contributed by atoms with Crippen LogP contribution in [-0.4, -0.2) is 0 Å². The van der Waals surface area contributed by atoms with Crippen LogP contribution in [0.25, 0.3) is 0 Å². The summed E-state index contributed by atoms with van der Waals surface area (Å²) in [5.41, 5.74) is 8.04. The molecule has 0 rings (SSSR count). The van der Waals surface area contributed by atoms with Gasteiger partial charge in [0.25, 0.3) is 0 Å². The summed E-state index contributed by atoms with van der Waals surface area (Å²) in [6.45, 7) is 6.36. The fourth-order valence-electron chi connectivity index (χ4n) is 0.842. The number of hydrogen-bond acceptors (Lipinski definition) is 1. The molecule has 1 heteroatoms. The van der Waals surface area contributed by atoms with Crippen LogP contribution in [0.2, 0.25) is 0 Å². The van der Waals surface area contributed by atoms with Crippen LogP contribution in [0.1, 0.15) is 33.6 Å². The maximum Gasteiger partial charge on any atom is -0.00624 e. The Balaban J connectivity index is 3.78. The van der Waals surface area contributed by atoms with Gasteiger partial charge >= 0.3 is 0 Å².